The van der Waals surface area contributed by atoms with Crippen molar-refractivity contribution in [2.45, 2.75) is 92.6 Å². The van der Waals surface area contributed by atoms with Gasteiger partial charge in [0.1, 0.15) is 0 Å². The predicted octanol–water partition coefficient (Wildman–Crippen LogP) is 6.09. The van der Waals surface area contributed by atoms with Crippen molar-refractivity contribution in [3.05, 3.63) is 56.3 Å². The summed E-state index contributed by atoms with van der Waals surface area (Å²) in [5.41, 5.74) is 10.2. The number of amides is 1. The lowest BCUT2D eigenvalue weighted by atomic mass is 9.73. The Bertz CT molecular complexity index is 967. The van der Waals surface area contributed by atoms with Crippen LogP contribution in [0.3, 0.4) is 0 Å². The zero-order valence-electron chi connectivity index (χ0n) is 22.4. The van der Waals surface area contributed by atoms with Crippen LogP contribution in [0.1, 0.15) is 97.6 Å². The van der Waals surface area contributed by atoms with Crippen LogP contribution >= 0.6 is 11.3 Å². The van der Waals surface area contributed by atoms with Gasteiger partial charge in [-0.25, -0.2) is 0 Å². The van der Waals surface area contributed by atoms with Gasteiger partial charge in [-0.2, -0.15) is 0 Å². The molecule has 190 valence electrons. The lowest BCUT2D eigenvalue weighted by Gasteiger charge is -2.32. The fourth-order valence-corrected chi connectivity index (χ4v) is 5.49. The molecule has 5 nitrogen and oxygen atoms in total. The van der Waals surface area contributed by atoms with E-state index in [9.17, 15) is 14.7 Å². The molecule has 1 aromatic heterocycles. The van der Waals surface area contributed by atoms with E-state index in [0.717, 1.165) is 31.2 Å². The number of aryl methyl sites for hydroxylation is 3. The Morgan fingerprint density at radius 1 is 1.09 bits per heavy atom. The first kappa shape index (κ1) is 29.9. The number of hydrogen-bond acceptors (Lipinski definition) is 5. The number of thiophene rings is 1. The summed E-state index contributed by atoms with van der Waals surface area (Å²) in [4.78, 5) is 23.2. The van der Waals surface area contributed by atoms with Gasteiger partial charge in [0.15, 0.2) is 0 Å². The first-order valence-electron chi connectivity index (χ1n) is 12.0. The molecular weight excluding hydrogens is 446 g/mol. The minimum Gasteiger partial charge on any atom is -0.469 e. The Morgan fingerprint density at radius 3 is 2.03 bits per heavy atom. The second-order valence-corrected chi connectivity index (χ2v) is 11.1. The Balaban J connectivity index is 0.00000104. The average molecular weight is 490 g/mol. The van der Waals surface area contributed by atoms with Gasteiger partial charge < -0.3 is 15.6 Å². The van der Waals surface area contributed by atoms with Crippen molar-refractivity contribution in [3.8, 4) is 0 Å². The van der Waals surface area contributed by atoms with Crippen molar-refractivity contribution in [3.63, 3.8) is 0 Å². The van der Waals surface area contributed by atoms with Crippen molar-refractivity contribution >= 4 is 23.2 Å². The van der Waals surface area contributed by atoms with Gasteiger partial charge in [0.2, 0.25) is 0 Å². The van der Waals surface area contributed by atoms with Gasteiger partial charge in [0.05, 0.1) is 18.1 Å². The van der Waals surface area contributed by atoms with Crippen LogP contribution in [0.15, 0.2) is 24.3 Å². The molecule has 0 fully saturated rings. The molecule has 2 rings (SSSR count). The summed E-state index contributed by atoms with van der Waals surface area (Å²) in [6, 6.07) is 8.89. The highest BCUT2D eigenvalue weighted by Gasteiger charge is 2.34. The molecule has 1 heterocycles. The van der Waals surface area contributed by atoms with E-state index in [-0.39, 0.29) is 28.8 Å². The van der Waals surface area contributed by atoms with Crippen molar-refractivity contribution in [2.24, 2.45) is 11.1 Å². The van der Waals surface area contributed by atoms with Crippen LogP contribution < -0.4 is 5.73 Å². The molecule has 1 amide bonds. The van der Waals surface area contributed by atoms with E-state index in [0.29, 0.717) is 4.88 Å². The van der Waals surface area contributed by atoms with Crippen LogP contribution in [-0.2, 0) is 21.4 Å². The summed E-state index contributed by atoms with van der Waals surface area (Å²) < 4.78 is 4.11. The minimum absolute atomic E-state index is 0.0947. The van der Waals surface area contributed by atoms with Gasteiger partial charge in [0, 0.05) is 17.2 Å². The van der Waals surface area contributed by atoms with Gasteiger partial charge >= 0.3 is 5.97 Å². The summed E-state index contributed by atoms with van der Waals surface area (Å²) in [6.07, 6.45) is 3.25. The standard InChI is InChI=1S/C25H37NO2S.C3H6O2/c1-8-25(9-2,21-15-17(4)22(29-21)23(26)28)19-12-10-18(16(3)14-19)11-13-20(27)24(5,6)7;1-3(4)5-2/h10,12,14-15,20,27H,8-9,11,13H2,1-7H3,(H2,26,28);1-2H3. The third-order valence-electron chi connectivity index (χ3n) is 6.69. The molecule has 0 aliphatic carbocycles. The van der Waals surface area contributed by atoms with E-state index in [1.165, 1.54) is 46.9 Å². The molecule has 0 aliphatic heterocycles. The second kappa shape index (κ2) is 12.5. The van der Waals surface area contributed by atoms with Gasteiger partial charge in [-0.1, -0.05) is 52.8 Å². The number of hydrogen-bond donors (Lipinski definition) is 2. The number of aliphatic hydroxyl groups is 1. The molecule has 0 bridgehead atoms. The lowest BCUT2D eigenvalue weighted by Crippen LogP contribution is -2.26. The van der Waals surface area contributed by atoms with E-state index in [2.05, 4.69) is 70.5 Å². The van der Waals surface area contributed by atoms with Crippen LogP contribution in [0.2, 0.25) is 0 Å². The monoisotopic (exact) mass is 489 g/mol. The Labute approximate surface area is 209 Å². The third-order valence-corrected chi connectivity index (χ3v) is 8.15. The maximum Gasteiger partial charge on any atom is 0.302 e. The van der Waals surface area contributed by atoms with Crippen molar-refractivity contribution in [1.29, 1.82) is 0 Å². The molecule has 0 saturated carbocycles. The molecule has 3 N–H and O–H groups in total. The first-order chi connectivity index (χ1) is 15.7. The van der Waals surface area contributed by atoms with Crippen molar-refractivity contribution in [1.82, 2.24) is 0 Å². The third kappa shape index (κ3) is 7.41. The molecule has 0 aliphatic rings. The van der Waals surface area contributed by atoms with Gasteiger partial charge in [-0.15, -0.1) is 11.3 Å². The van der Waals surface area contributed by atoms with Crippen LogP contribution in [-0.4, -0.2) is 30.2 Å². The Kier molecular flexibility index (Phi) is 11.0. The summed E-state index contributed by atoms with van der Waals surface area (Å²) in [5, 5.41) is 10.4. The number of ether oxygens (including phenoxy) is 1. The number of esters is 1. The zero-order chi connectivity index (χ0) is 26.3. The largest absolute Gasteiger partial charge is 0.469 e. The Hall–Kier alpha value is -2.18. The SMILES string of the molecule is CCC(CC)(c1ccc(CCC(O)C(C)(C)C)c(C)c1)c1cc(C)c(C(N)=O)s1.COC(C)=O. The molecule has 1 atom stereocenters. The first-order valence-corrected chi connectivity index (χ1v) is 12.8. The van der Waals surface area contributed by atoms with Gasteiger partial charge in [0.25, 0.3) is 5.91 Å². The van der Waals surface area contributed by atoms with Gasteiger partial charge in [-0.3, -0.25) is 9.59 Å². The normalized spacial score (nSPS) is 12.5. The molecule has 0 saturated heterocycles. The van der Waals surface area contributed by atoms with Crippen LogP contribution in [0.4, 0.5) is 0 Å². The fourth-order valence-electron chi connectivity index (χ4n) is 4.11. The molecular formula is C28H43NO4S. The number of benzene rings is 1. The van der Waals surface area contributed by atoms with Crippen LogP contribution in [0.25, 0.3) is 0 Å². The average Bonchev–Trinajstić information content (AvgIpc) is 3.16. The highest BCUT2D eigenvalue weighted by molar-refractivity contribution is 7.14. The number of carbonyl (C=O) groups is 2. The van der Waals surface area contributed by atoms with Gasteiger partial charge in [-0.05, 0) is 73.3 Å². The van der Waals surface area contributed by atoms with E-state index in [1.807, 2.05) is 6.92 Å². The summed E-state index contributed by atoms with van der Waals surface area (Å²) in [5.74, 6) is -0.589. The number of methoxy groups -OCH3 is 1. The lowest BCUT2D eigenvalue weighted by molar-refractivity contribution is -0.137. The summed E-state index contributed by atoms with van der Waals surface area (Å²) >= 11 is 1.54. The van der Waals surface area contributed by atoms with E-state index >= 15 is 0 Å². The number of carbonyl (C=O) groups excluding carboxylic acids is 2. The topological polar surface area (TPSA) is 89.6 Å². The van der Waals surface area contributed by atoms with Crippen molar-refractivity contribution < 1.29 is 19.4 Å². The maximum atomic E-state index is 11.8. The number of nitrogens with two attached hydrogens (primary N) is 1. The Morgan fingerprint density at radius 2 is 1.65 bits per heavy atom. The van der Waals surface area contributed by atoms with E-state index < -0.39 is 0 Å². The minimum atomic E-state index is -0.344. The smallest absolute Gasteiger partial charge is 0.302 e. The second-order valence-electron chi connectivity index (χ2n) is 10.0. The van der Waals surface area contributed by atoms with Crippen LogP contribution in [0.5, 0.6) is 0 Å². The number of primary amides is 1. The van der Waals surface area contributed by atoms with E-state index in [1.54, 1.807) is 0 Å². The zero-order valence-corrected chi connectivity index (χ0v) is 23.2. The molecule has 1 aromatic carbocycles. The van der Waals surface area contributed by atoms with Crippen LogP contribution in [0, 0.1) is 19.3 Å². The number of aliphatic hydroxyl groups excluding tert-OH is 1. The molecule has 1 unspecified atom stereocenters. The molecule has 0 radical (unpaired) electrons. The van der Waals surface area contributed by atoms with Crippen molar-refractivity contribution in [2.75, 3.05) is 7.11 Å². The molecule has 34 heavy (non-hydrogen) atoms. The predicted molar refractivity (Wildman–Crippen MR) is 142 cm³/mol. The molecule has 0 spiro atoms. The quantitative estimate of drug-likeness (QED) is 0.439. The number of rotatable bonds is 8. The molecule has 6 heteroatoms. The fraction of sp³-hybridized carbons (Fsp3) is 0.571. The maximum absolute atomic E-state index is 11.8. The highest BCUT2D eigenvalue weighted by Crippen LogP contribution is 2.43. The highest BCUT2D eigenvalue weighted by atomic mass is 32.1. The summed E-state index contributed by atoms with van der Waals surface area (Å²) in [7, 11) is 1.35. The van der Waals surface area contributed by atoms with E-state index in [4.69, 9.17) is 5.73 Å². The summed E-state index contributed by atoms with van der Waals surface area (Å²) in [6.45, 7) is 16.1. The molecule has 2 aromatic rings.